The number of hydrogen-bond acceptors (Lipinski definition) is 4. The van der Waals surface area contributed by atoms with E-state index in [2.05, 4.69) is 22.7 Å². The first-order valence-corrected chi connectivity index (χ1v) is 6.64. The third kappa shape index (κ3) is 3.46. The maximum absolute atomic E-state index is 11.7. The fourth-order valence-corrected chi connectivity index (χ4v) is 2.40. The molecule has 5 nitrogen and oxygen atoms in total. The molecule has 1 aliphatic rings. The highest BCUT2D eigenvalue weighted by Crippen LogP contribution is 2.19. The van der Waals surface area contributed by atoms with Crippen LogP contribution in [0.2, 0.25) is 0 Å². The van der Waals surface area contributed by atoms with Gasteiger partial charge in [-0.3, -0.25) is 9.48 Å². The Hall–Kier alpha value is -1.04. The molecular weight excluding hydrogens is 236 g/mol. The minimum Gasteiger partial charge on any atom is -0.343 e. The van der Waals surface area contributed by atoms with Gasteiger partial charge in [0.1, 0.15) is 12.7 Å². The molecule has 1 fully saturated rings. The fraction of sp³-hybridized carbons (Fsp3) is 0.727. The Kier molecular flexibility index (Phi) is 4.42. The summed E-state index contributed by atoms with van der Waals surface area (Å²) in [5.74, 6) is 1.48. The van der Waals surface area contributed by atoms with E-state index in [0.29, 0.717) is 18.1 Å². The first-order valence-electron chi connectivity index (χ1n) is 6.00. The lowest BCUT2D eigenvalue weighted by Gasteiger charge is -2.31. The average Bonchev–Trinajstić information content (AvgIpc) is 2.83. The van der Waals surface area contributed by atoms with Crippen LogP contribution in [0.15, 0.2) is 12.7 Å². The molecule has 0 spiro atoms. The molecule has 1 aromatic heterocycles. The van der Waals surface area contributed by atoms with Crippen LogP contribution in [0.25, 0.3) is 0 Å². The van der Waals surface area contributed by atoms with E-state index in [1.54, 1.807) is 12.7 Å². The van der Waals surface area contributed by atoms with Gasteiger partial charge < -0.3 is 4.90 Å². The van der Waals surface area contributed by atoms with Crippen LogP contribution in [0, 0.1) is 5.92 Å². The Morgan fingerprint density at radius 3 is 2.76 bits per heavy atom. The first-order chi connectivity index (χ1) is 8.29. The Balaban J connectivity index is 1.76. The van der Waals surface area contributed by atoms with Crippen molar-refractivity contribution in [2.45, 2.75) is 25.8 Å². The van der Waals surface area contributed by atoms with Crippen LogP contribution in [-0.4, -0.2) is 44.4 Å². The second-order valence-electron chi connectivity index (χ2n) is 4.42. The predicted octanol–water partition coefficient (Wildman–Crippen LogP) is 0.837. The molecule has 0 unspecified atom stereocenters. The van der Waals surface area contributed by atoms with Crippen LogP contribution in [0.1, 0.15) is 19.3 Å². The normalized spacial score (nSPS) is 17.4. The second-order valence-corrected chi connectivity index (χ2v) is 4.86. The standard InChI is InChI=1S/C11H18N4OS/c16-11(3-6-17)14-4-1-10(2-5-14)7-15-9-12-8-13-15/h8-10,17H,1-7H2. The van der Waals surface area contributed by atoms with Gasteiger partial charge in [0.15, 0.2) is 0 Å². The van der Waals surface area contributed by atoms with Gasteiger partial charge in [0.2, 0.25) is 5.91 Å². The lowest BCUT2D eigenvalue weighted by atomic mass is 9.97. The molecule has 2 rings (SSSR count). The van der Waals surface area contributed by atoms with Gasteiger partial charge in [0, 0.05) is 26.1 Å². The molecule has 0 bridgehead atoms. The number of rotatable bonds is 4. The van der Waals surface area contributed by atoms with Gasteiger partial charge >= 0.3 is 0 Å². The highest BCUT2D eigenvalue weighted by molar-refractivity contribution is 7.80. The van der Waals surface area contributed by atoms with E-state index in [0.717, 1.165) is 32.5 Å². The van der Waals surface area contributed by atoms with Crippen molar-refractivity contribution in [3.63, 3.8) is 0 Å². The first kappa shape index (κ1) is 12.4. The SMILES string of the molecule is O=C(CCS)N1CCC(Cn2cncn2)CC1. The van der Waals surface area contributed by atoms with E-state index in [4.69, 9.17) is 0 Å². The number of carbonyl (C=O) groups is 1. The minimum atomic E-state index is 0.235. The van der Waals surface area contributed by atoms with Gasteiger partial charge in [-0.1, -0.05) is 0 Å². The van der Waals surface area contributed by atoms with Crippen molar-refractivity contribution in [2.75, 3.05) is 18.8 Å². The maximum Gasteiger partial charge on any atom is 0.223 e. The lowest BCUT2D eigenvalue weighted by molar-refractivity contribution is -0.132. The van der Waals surface area contributed by atoms with Crippen LogP contribution < -0.4 is 0 Å². The number of piperidine rings is 1. The summed E-state index contributed by atoms with van der Waals surface area (Å²) in [5.41, 5.74) is 0. The number of hydrogen-bond donors (Lipinski definition) is 1. The Morgan fingerprint density at radius 1 is 1.41 bits per heavy atom. The summed E-state index contributed by atoms with van der Waals surface area (Å²) < 4.78 is 1.87. The summed E-state index contributed by atoms with van der Waals surface area (Å²) in [6.45, 7) is 2.65. The molecule has 94 valence electrons. The van der Waals surface area contributed by atoms with Gasteiger partial charge in [-0.15, -0.1) is 0 Å². The minimum absolute atomic E-state index is 0.235. The smallest absolute Gasteiger partial charge is 0.223 e. The molecule has 0 N–H and O–H groups in total. The molecule has 6 heteroatoms. The summed E-state index contributed by atoms with van der Waals surface area (Å²) in [4.78, 5) is 17.6. The molecule has 1 aromatic rings. The molecular formula is C11H18N4OS. The highest BCUT2D eigenvalue weighted by Gasteiger charge is 2.22. The lowest BCUT2D eigenvalue weighted by Crippen LogP contribution is -2.39. The molecule has 2 heterocycles. The molecule has 1 amide bonds. The van der Waals surface area contributed by atoms with Crippen LogP contribution in [-0.2, 0) is 11.3 Å². The number of thiol groups is 1. The van der Waals surface area contributed by atoms with Crippen LogP contribution in [0.3, 0.4) is 0 Å². The van der Waals surface area contributed by atoms with Gasteiger partial charge in [-0.2, -0.15) is 17.7 Å². The van der Waals surface area contributed by atoms with E-state index in [1.165, 1.54) is 0 Å². The summed E-state index contributed by atoms with van der Waals surface area (Å²) >= 11 is 4.09. The molecule has 1 saturated heterocycles. The van der Waals surface area contributed by atoms with Crippen molar-refractivity contribution in [1.82, 2.24) is 19.7 Å². The average molecular weight is 254 g/mol. The van der Waals surface area contributed by atoms with Gasteiger partial charge in [-0.25, -0.2) is 4.98 Å². The Morgan fingerprint density at radius 2 is 2.18 bits per heavy atom. The number of aromatic nitrogens is 3. The van der Waals surface area contributed by atoms with E-state index in [-0.39, 0.29) is 5.91 Å². The molecule has 0 saturated carbocycles. The van der Waals surface area contributed by atoms with Crippen LogP contribution >= 0.6 is 12.6 Å². The molecule has 17 heavy (non-hydrogen) atoms. The zero-order chi connectivity index (χ0) is 12.1. The van der Waals surface area contributed by atoms with Gasteiger partial charge in [0.25, 0.3) is 0 Å². The van der Waals surface area contributed by atoms with Crippen molar-refractivity contribution in [3.05, 3.63) is 12.7 Å². The summed E-state index contributed by atoms with van der Waals surface area (Å²) in [7, 11) is 0. The zero-order valence-electron chi connectivity index (χ0n) is 9.83. The van der Waals surface area contributed by atoms with Crippen LogP contribution in [0.5, 0.6) is 0 Å². The van der Waals surface area contributed by atoms with Crippen molar-refractivity contribution in [3.8, 4) is 0 Å². The van der Waals surface area contributed by atoms with Crippen molar-refractivity contribution in [2.24, 2.45) is 5.92 Å². The number of amides is 1. The van der Waals surface area contributed by atoms with E-state index in [9.17, 15) is 4.79 Å². The van der Waals surface area contributed by atoms with Gasteiger partial charge in [-0.05, 0) is 24.5 Å². The number of likely N-dealkylation sites (tertiary alicyclic amines) is 1. The molecule has 0 aromatic carbocycles. The van der Waals surface area contributed by atoms with Crippen LogP contribution in [0.4, 0.5) is 0 Å². The van der Waals surface area contributed by atoms with E-state index >= 15 is 0 Å². The Labute approximate surface area is 107 Å². The third-order valence-electron chi connectivity index (χ3n) is 3.20. The summed E-state index contributed by atoms with van der Waals surface area (Å²) in [6.07, 6.45) is 5.97. The maximum atomic E-state index is 11.7. The third-order valence-corrected chi connectivity index (χ3v) is 3.43. The number of carbonyl (C=O) groups excluding carboxylic acids is 1. The van der Waals surface area contributed by atoms with E-state index in [1.807, 2.05) is 9.58 Å². The Bertz CT molecular complexity index is 346. The van der Waals surface area contributed by atoms with Gasteiger partial charge in [0.05, 0.1) is 0 Å². The highest BCUT2D eigenvalue weighted by atomic mass is 32.1. The summed E-state index contributed by atoms with van der Waals surface area (Å²) in [6, 6.07) is 0. The molecule has 0 radical (unpaired) electrons. The topological polar surface area (TPSA) is 51.0 Å². The van der Waals surface area contributed by atoms with Crippen molar-refractivity contribution in [1.29, 1.82) is 0 Å². The molecule has 0 atom stereocenters. The summed E-state index contributed by atoms with van der Waals surface area (Å²) in [5, 5.41) is 4.11. The second kappa shape index (κ2) is 6.05. The predicted molar refractivity (Wildman–Crippen MR) is 67.8 cm³/mol. The largest absolute Gasteiger partial charge is 0.343 e. The van der Waals surface area contributed by atoms with Crippen molar-refractivity contribution < 1.29 is 4.79 Å². The quantitative estimate of drug-likeness (QED) is 0.810. The van der Waals surface area contributed by atoms with Crippen molar-refractivity contribution >= 4 is 18.5 Å². The zero-order valence-corrected chi connectivity index (χ0v) is 10.7. The molecule has 1 aliphatic heterocycles. The fourth-order valence-electron chi connectivity index (χ4n) is 2.21. The number of nitrogens with zero attached hydrogens (tertiary/aromatic N) is 4. The monoisotopic (exact) mass is 254 g/mol. The van der Waals surface area contributed by atoms with E-state index < -0.39 is 0 Å². The molecule has 0 aliphatic carbocycles.